The van der Waals surface area contributed by atoms with E-state index in [1.807, 2.05) is 30.3 Å². The smallest absolute Gasteiger partial charge is 0.178 e. The van der Waals surface area contributed by atoms with Crippen LogP contribution in [-0.4, -0.2) is 38.3 Å². The predicted molar refractivity (Wildman–Crippen MR) is 178 cm³/mol. The summed E-state index contributed by atoms with van der Waals surface area (Å²) in [6, 6.07) is 20.6. The lowest BCUT2D eigenvalue weighted by Crippen LogP contribution is -2.01. The van der Waals surface area contributed by atoms with E-state index in [2.05, 4.69) is 98.9 Å². The zero-order valence-electron chi connectivity index (χ0n) is 26.2. The van der Waals surface area contributed by atoms with Crippen molar-refractivity contribution in [1.29, 1.82) is 0 Å². The molecule has 1 unspecified atom stereocenters. The molecule has 44 heavy (non-hydrogen) atoms. The van der Waals surface area contributed by atoms with E-state index in [0.717, 1.165) is 58.6 Å². The zero-order valence-corrected chi connectivity index (χ0v) is 26.2. The Labute approximate surface area is 259 Å². The Hall–Kier alpha value is -4.76. The highest BCUT2D eigenvalue weighted by molar-refractivity contribution is 5.90. The van der Waals surface area contributed by atoms with Crippen LogP contribution >= 0.6 is 0 Å². The molecule has 5 rings (SSSR count). The number of aliphatic hydroxyl groups is 1. The summed E-state index contributed by atoms with van der Waals surface area (Å²) in [5.41, 5.74) is 13.4. The Bertz CT molecular complexity index is 1690. The normalized spacial score (nSPS) is 12.0. The Balaban J connectivity index is 0.000000201. The second-order valence-electron chi connectivity index (χ2n) is 10.6. The summed E-state index contributed by atoms with van der Waals surface area (Å²) in [6.45, 7) is 8.50. The molecule has 0 aliphatic carbocycles. The molecule has 3 aromatic heterocycles. The van der Waals surface area contributed by atoms with E-state index >= 15 is 0 Å². The highest BCUT2D eigenvalue weighted by Crippen LogP contribution is 2.26. The largest absolute Gasteiger partial charge is 0.388 e. The van der Waals surface area contributed by atoms with Gasteiger partial charge in [0.25, 0.3) is 0 Å². The minimum absolute atomic E-state index is 0.517. The van der Waals surface area contributed by atoms with Gasteiger partial charge in [0.1, 0.15) is 5.82 Å². The van der Waals surface area contributed by atoms with E-state index in [-0.39, 0.29) is 0 Å². The molecule has 0 bridgehead atoms. The number of hydrazone groups is 1. The second-order valence-corrected chi connectivity index (χ2v) is 10.6. The molecule has 9 heteroatoms. The van der Waals surface area contributed by atoms with Gasteiger partial charge < -0.3 is 10.1 Å². The molecule has 9 nitrogen and oxygen atoms in total. The van der Waals surface area contributed by atoms with Crippen molar-refractivity contribution in [1.82, 2.24) is 25.5 Å². The molecule has 0 aliphatic heterocycles. The molecule has 0 fully saturated rings. The van der Waals surface area contributed by atoms with Gasteiger partial charge in [-0.15, -0.1) is 0 Å². The number of aliphatic hydroxyl groups excluding tert-OH is 1. The number of H-pyrrole nitrogens is 1. The fraction of sp³-hybridized carbons (Fsp3) is 0.314. The number of fused-ring (bicyclic) bond motifs is 1. The third-order valence-corrected chi connectivity index (χ3v) is 7.39. The lowest BCUT2D eigenvalue weighted by Gasteiger charge is -2.10. The molecule has 0 aliphatic rings. The number of pyridine rings is 2. The molecular formula is C35H42N8O. The third kappa shape index (κ3) is 8.64. The van der Waals surface area contributed by atoms with Crippen LogP contribution in [0.25, 0.3) is 22.3 Å². The van der Waals surface area contributed by atoms with Crippen LogP contribution in [0.2, 0.25) is 0 Å². The Kier molecular flexibility index (Phi) is 11.8. The molecular weight excluding hydrogens is 548 g/mol. The summed E-state index contributed by atoms with van der Waals surface area (Å²) in [5.74, 6) is 0.957. The summed E-state index contributed by atoms with van der Waals surface area (Å²) < 4.78 is 0. The van der Waals surface area contributed by atoms with Crippen molar-refractivity contribution in [2.75, 3.05) is 7.05 Å². The SMILES string of the molecule is CCCc1cc(-c2ccccc2/C=N/NN=NC)ccc1C.CCc1nc2nc(CCC(O)c3cccnc3)cc(C)c2[nH]1. The lowest BCUT2D eigenvalue weighted by molar-refractivity contribution is 0.167. The van der Waals surface area contributed by atoms with Gasteiger partial charge in [-0.3, -0.25) is 4.98 Å². The molecule has 0 radical (unpaired) electrons. The Morgan fingerprint density at radius 1 is 0.977 bits per heavy atom. The standard InChI is InChI=1S/C18H22N4.C17H20N4O/c1-4-7-15-12-16(11-10-14(15)2)18-9-6-5-8-17(18)13-20-22-21-19-3;1-3-15-20-16-11(2)9-13(19-17(16)21-15)6-7-14(22)12-5-4-8-18-10-12/h5-6,8-13H,4,7H2,1-3H3,(H,19,22);4-5,8-10,14,22H,3,6-7H2,1-2H3,(H,19,20,21)/b20-13+;. The number of aromatic amines is 1. The van der Waals surface area contributed by atoms with Crippen molar-refractivity contribution in [3.63, 3.8) is 0 Å². The summed E-state index contributed by atoms with van der Waals surface area (Å²) in [6.07, 6.45) is 9.11. The third-order valence-electron chi connectivity index (χ3n) is 7.39. The number of hydrogen-bond donors (Lipinski definition) is 3. The lowest BCUT2D eigenvalue weighted by atomic mass is 9.95. The molecule has 3 N–H and O–H groups in total. The number of rotatable bonds is 11. The Morgan fingerprint density at radius 2 is 1.82 bits per heavy atom. The van der Waals surface area contributed by atoms with Gasteiger partial charge in [0, 0.05) is 30.1 Å². The highest BCUT2D eigenvalue weighted by Gasteiger charge is 2.12. The first kappa shape index (κ1) is 32.2. The van der Waals surface area contributed by atoms with Gasteiger partial charge in [0.2, 0.25) is 0 Å². The maximum Gasteiger partial charge on any atom is 0.178 e. The molecule has 0 amide bonds. The number of aromatic nitrogens is 4. The number of benzene rings is 2. The summed E-state index contributed by atoms with van der Waals surface area (Å²) in [4.78, 5) is 16.4. The number of hydrogen-bond acceptors (Lipinski definition) is 7. The van der Waals surface area contributed by atoms with Gasteiger partial charge in [-0.2, -0.15) is 15.8 Å². The molecule has 5 aromatic rings. The van der Waals surface area contributed by atoms with Crippen LogP contribution in [0.5, 0.6) is 0 Å². The van der Waals surface area contributed by atoms with Crippen LogP contribution in [0.15, 0.2) is 88.5 Å². The highest BCUT2D eigenvalue weighted by atomic mass is 16.3. The summed E-state index contributed by atoms with van der Waals surface area (Å²) in [5, 5.41) is 21.5. The number of aryl methyl sites for hydroxylation is 5. The van der Waals surface area contributed by atoms with Crippen LogP contribution in [0.3, 0.4) is 0 Å². The van der Waals surface area contributed by atoms with Crippen LogP contribution in [0.1, 0.15) is 72.1 Å². The van der Waals surface area contributed by atoms with E-state index < -0.39 is 6.10 Å². The average Bonchev–Trinajstić information content (AvgIpc) is 3.48. The van der Waals surface area contributed by atoms with E-state index in [1.54, 1.807) is 25.7 Å². The molecule has 0 saturated heterocycles. The fourth-order valence-electron chi connectivity index (χ4n) is 5.00. The van der Waals surface area contributed by atoms with Crippen LogP contribution in [-0.2, 0) is 19.3 Å². The molecule has 3 heterocycles. The first-order valence-corrected chi connectivity index (χ1v) is 15.1. The van der Waals surface area contributed by atoms with Crippen LogP contribution < -0.4 is 5.53 Å². The average molecular weight is 591 g/mol. The topological polar surface area (TPSA) is 124 Å². The molecule has 2 aromatic carbocycles. The minimum Gasteiger partial charge on any atom is -0.388 e. The van der Waals surface area contributed by atoms with Gasteiger partial charge >= 0.3 is 0 Å². The maximum atomic E-state index is 10.2. The van der Waals surface area contributed by atoms with Gasteiger partial charge in [-0.1, -0.05) is 74.0 Å². The molecule has 0 saturated carbocycles. The summed E-state index contributed by atoms with van der Waals surface area (Å²) >= 11 is 0. The quantitative estimate of drug-likeness (QED) is 0.0839. The van der Waals surface area contributed by atoms with Gasteiger partial charge in [0.15, 0.2) is 5.65 Å². The van der Waals surface area contributed by atoms with Gasteiger partial charge in [-0.05, 0) is 78.6 Å². The molecule has 0 spiro atoms. The van der Waals surface area contributed by atoms with Gasteiger partial charge in [-0.25, -0.2) is 9.97 Å². The van der Waals surface area contributed by atoms with E-state index in [9.17, 15) is 5.11 Å². The Morgan fingerprint density at radius 3 is 2.57 bits per heavy atom. The molecule has 228 valence electrons. The van der Waals surface area contributed by atoms with Gasteiger partial charge in [0.05, 0.1) is 24.9 Å². The van der Waals surface area contributed by atoms with Crippen molar-refractivity contribution in [3.05, 3.63) is 112 Å². The summed E-state index contributed by atoms with van der Waals surface area (Å²) in [7, 11) is 1.60. The first-order valence-electron chi connectivity index (χ1n) is 15.1. The number of imidazole rings is 1. The van der Waals surface area contributed by atoms with E-state index in [4.69, 9.17) is 0 Å². The fourth-order valence-corrected chi connectivity index (χ4v) is 5.00. The van der Waals surface area contributed by atoms with Crippen molar-refractivity contribution in [2.45, 2.75) is 65.9 Å². The zero-order chi connectivity index (χ0) is 31.3. The first-order chi connectivity index (χ1) is 21.4. The predicted octanol–water partition coefficient (Wildman–Crippen LogP) is 7.42. The minimum atomic E-state index is -0.517. The van der Waals surface area contributed by atoms with Crippen LogP contribution in [0.4, 0.5) is 0 Å². The number of nitrogens with zero attached hydrogens (tertiary/aromatic N) is 6. The van der Waals surface area contributed by atoms with Crippen molar-refractivity contribution < 1.29 is 5.11 Å². The van der Waals surface area contributed by atoms with Crippen LogP contribution in [0, 0.1) is 13.8 Å². The number of nitrogens with one attached hydrogen (secondary N) is 2. The van der Waals surface area contributed by atoms with Crippen molar-refractivity contribution in [3.8, 4) is 11.1 Å². The van der Waals surface area contributed by atoms with Crippen molar-refractivity contribution >= 4 is 17.4 Å². The van der Waals surface area contributed by atoms with E-state index in [1.165, 1.54) is 22.3 Å². The second kappa shape index (κ2) is 16.2. The maximum absolute atomic E-state index is 10.2. The van der Waals surface area contributed by atoms with E-state index in [0.29, 0.717) is 12.8 Å². The monoisotopic (exact) mass is 590 g/mol. The molecule has 1 atom stereocenters. The van der Waals surface area contributed by atoms with Crippen molar-refractivity contribution in [2.24, 2.45) is 15.4 Å².